The van der Waals surface area contributed by atoms with Crippen LogP contribution in [0.4, 0.5) is 0 Å². The van der Waals surface area contributed by atoms with Crippen molar-refractivity contribution in [2.24, 2.45) is 0 Å². The van der Waals surface area contributed by atoms with Crippen LogP contribution >= 0.6 is 0 Å². The molecule has 88 valence electrons. The van der Waals surface area contributed by atoms with Crippen LogP contribution in [0.1, 0.15) is 0 Å². The van der Waals surface area contributed by atoms with E-state index in [9.17, 15) is 5.11 Å². The predicted octanol–water partition coefficient (Wildman–Crippen LogP) is 2.48. The van der Waals surface area contributed by atoms with Crippen molar-refractivity contribution in [2.75, 3.05) is 0 Å². The molecule has 1 aromatic heterocycles. The van der Waals surface area contributed by atoms with Crippen LogP contribution < -0.4 is 5.11 Å². The SMILES string of the molecule is [O-]c1ccccc1-c1nnc(-c2ccccc2)o1. The van der Waals surface area contributed by atoms with Gasteiger partial charge in [-0.25, -0.2) is 0 Å². The fourth-order valence-corrected chi connectivity index (χ4v) is 1.67. The van der Waals surface area contributed by atoms with Gasteiger partial charge in [-0.1, -0.05) is 48.2 Å². The summed E-state index contributed by atoms with van der Waals surface area (Å²) in [7, 11) is 0. The molecule has 0 unspecified atom stereocenters. The Morgan fingerprint density at radius 1 is 0.778 bits per heavy atom. The summed E-state index contributed by atoms with van der Waals surface area (Å²) >= 11 is 0. The summed E-state index contributed by atoms with van der Waals surface area (Å²) in [5.74, 6) is 0.536. The van der Waals surface area contributed by atoms with Crippen LogP contribution in [0.5, 0.6) is 5.75 Å². The lowest BCUT2D eigenvalue weighted by molar-refractivity contribution is -0.267. The molecule has 3 rings (SSSR count). The van der Waals surface area contributed by atoms with Crippen molar-refractivity contribution in [3.8, 4) is 28.7 Å². The van der Waals surface area contributed by atoms with Gasteiger partial charge in [0.25, 0.3) is 0 Å². The average Bonchev–Trinajstić information content (AvgIpc) is 2.90. The maximum atomic E-state index is 11.6. The van der Waals surface area contributed by atoms with Gasteiger partial charge in [0.15, 0.2) is 0 Å². The first-order chi connectivity index (χ1) is 8.84. The van der Waals surface area contributed by atoms with Gasteiger partial charge in [0.1, 0.15) is 0 Å². The minimum Gasteiger partial charge on any atom is -0.872 e. The lowest BCUT2D eigenvalue weighted by atomic mass is 10.2. The molecule has 0 bridgehead atoms. The first-order valence-electron chi connectivity index (χ1n) is 5.50. The van der Waals surface area contributed by atoms with Gasteiger partial charge in [-0.2, -0.15) is 0 Å². The summed E-state index contributed by atoms with van der Waals surface area (Å²) in [4.78, 5) is 0. The fourth-order valence-electron chi connectivity index (χ4n) is 1.67. The Morgan fingerprint density at radius 3 is 2.22 bits per heavy atom. The van der Waals surface area contributed by atoms with Gasteiger partial charge in [0.05, 0.1) is 0 Å². The standard InChI is InChI=1S/C14H10N2O2/c17-12-9-5-4-8-11(12)14-16-15-13(18-14)10-6-2-1-3-7-10/h1-9,17H/p-1. The molecule has 0 spiro atoms. The molecular formula is C14H9N2O2-. The molecule has 4 heteroatoms. The molecule has 0 aliphatic rings. The number of hydrogen-bond acceptors (Lipinski definition) is 4. The van der Waals surface area contributed by atoms with Crippen LogP contribution in [0, 0.1) is 0 Å². The van der Waals surface area contributed by atoms with E-state index in [4.69, 9.17) is 4.42 Å². The Bertz CT molecular complexity index is 662. The van der Waals surface area contributed by atoms with Crippen LogP contribution in [-0.2, 0) is 0 Å². The monoisotopic (exact) mass is 237 g/mol. The van der Waals surface area contributed by atoms with Crippen molar-refractivity contribution in [1.82, 2.24) is 10.2 Å². The second-order valence-electron chi connectivity index (χ2n) is 3.77. The maximum absolute atomic E-state index is 11.6. The molecule has 2 aromatic carbocycles. The largest absolute Gasteiger partial charge is 0.872 e. The Hall–Kier alpha value is -2.62. The van der Waals surface area contributed by atoms with Crippen molar-refractivity contribution < 1.29 is 9.52 Å². The Kier molecular flexibility index (Phi) is 2.53. The molecule has 0 amide bonds. The quantitative estimate of drug-likeness (QED) is 0.686. The van der Waals surface area contributed by atoms with Gasteiger partial charge in [-0.3, -0.25) is 0 Å². The zero-order valence-electron chi connectivity index (χ0n) is 9.41. The molecule has 0 saturated carbocycles. The van der Waals surface area contributed by atoms with Crippen LogP contribution in [0.15, 0.2) is 59.0 Å². The summed E-state index contributed by atoms with van der Waals surface area (Å²) in [5, 5.41) is 19.5. The van der Waals surface area contributed by atoms with E-state index in [1.54, 1.807) is 18.2 Å². The molecule has 1 heterocycles. The van der Waals surface area contributed by atoms with Gasteiger partial charge in [-0.15, -0.1) is 10.2 Å². The topological polar surface area (TPSA) is 62.0 Å². The summed E-state index contributed by atoms with van der Waals surface area (Å²) in [6.45, 7) is 0. The lowest BCUT2D eigenvalue weighted by Gasteiger charge is -2.08. The summed E-state index contributed by atoms with van der Waals surface area (Å²) in [5.41, 5.74) is 1.26. The van der Waals surface area contributed by atoms with Crippen molar-refractivity contribution in [3.05, 3.63) is 54.6 Å². The van der Waals surface area contributed by atoms with Crippen LogP contribution in [0.25, 0.3) is 22.9 Å². The lowest BCUT2D eigenvalue weighted by Crippen LogP contribution is -1.92. The molecule has 0 aliphatic carbocycles. The first kappa shape index (κ1) is 10.5. The van der Waals surface area contributed by atoms with Crippen molar-refractivity contribution in [2.45, 2.75) is 0 Å². The van der Waals surface area contributed by atoms with Gasteiger partial charge in [0.2, 0.25) is 11.8 Å². The Balaban J connectivity index is 2.03. The molecule has 0 radical (unpaired) electrons. The minimum atomic E-state index is -0.124. The third-order valence-corrected chi connectivity index (χ3v) is 2.56. The van der Waals surface area contributed by atoms with Crippen molar-refractivity contribution >= 4 is 0 Å². The normalized spacial score (nSPS) is 10.4. The molecule has 18 heavy (non-hydrogen) atoms. The van der Waals surface area contributed by atoms with E-state index in [1.807, 2.05) is 30.3 Å². The van der Waals surface area contributed by atoms with E-state index >= 15 is 0 Å². The molecular weight excluding hydrogens is 228 g/mol. The van der Waals surface area contributed by atoms with Gasteiger partial charge >= 0.3 is 0 Å². The molecule has 4 nitrogen and oxygen atoms in total. The fraction of sp³-hybridized carbons (Fsp3) is 0. The third kappa shape index (κ3) is 1.84. The highest BCUT2D eigenvalue weighted by Gasteiger charge is 2.09. The summed E-state index contributed by atoms with van der Waals surface area (Å²) in [6.07, 6.45) is 0. The van der Waals surface area contributed by atoms with Gasteiger partial charge in [0, 0.05) is 11.1 Å². The van der Waals surface area contributed by atoms with E-state index in [-0.39, 0.29) is 11.6 Å². The maximum Gasteiger partial charge on any atom is 0.248 e. The minimum absolute atomic E-state index is 0.124. The van der Waals surface area contributed by atoms with E-state index in [0.717, 1.165) is 5.56 Å². The highest BCUT2D eigenvalue weighted by atomic mass is 16.4. The molecule has 0 N–H and O–H groups in total. The zero-order valence-corrected chi connectivity index (χ0v) is 9.41. The van der Waals surface area contributed by atoms with E-state index < -0.39 is 0 Å². The highest BCUT2D eigenvalue weighted by Crippen LogP contribution is 2.28. The zero-order chi connectivity index (χ0) is 12.4. The summed E-state index contributed by atoms with van der Waals surface area (Å²) in [6, 6.07) is 16.0. The molecule has 3 aromatic rings. The highest BCUT2D eigenvalue weighted by molar-refractivity contribution is 5.63. The third-order valence-electron chi connectivity index (χ3n) is 2.56. The van der Waals surface area contributed by atoms with Gasteiger partial charge in [-0.05, 0) is 12.1 Å². The molecule has 0 atom stereocenters. The number of nitrogens with zero attached hydrogens (tertiary/aromatic N) is 2. The van der Waals surface area contributed by atoms with Crippen molar-refractivity contribution in [1.29, 1.82) is 0 Å². The van der Waals surface area contributed by atoms with Crippen molar-refractivity contribution in [3.63, 3.8) is 0 Å². The molecule has 0 saturated heterocycles. The first-order valence-corrected chi connectivity index (χ1v) is 5.50. The average molecular weight is 237 g/mol. The van der Waals surface area contributed by atoms with E-state index in [2.05, 4.69) is 10.2 Å². The smallest absolute Gasteiger partial charge is 0.248 e. The Labute approximate surface area is 104 Å². The van der Waals surface area contributed by atoms with E-state index in [1.165, 1.54) is 6.07 Å². The van der Waals surface area contributed by atoms with Crippen LogP contribution in [-0.4, -0.2) is 10.2 Å². The van der Waals surface area contributed by atoms with E-state index in [0.29, 0.717) is 11.5 Å². The molecule has 0 fully saturated rings. The number of para-hydroxylation sites is 1. The summed E-state index contributed by atoms with van der Waals surface area (Å²) < 4.78 is 5.51. The van der Waals surface area contributed by atoms with Gasteiger partial charge < -0.3 is 9.52 Å². The second kappa shape index (κ2) is 4.33. The number of aromatic nitrogens is 2. The molecule has 0 aliphatic heterocycles. The number of rotatable bonds is 2. The predicted molar refractivity (Wildman–Crippen MR) is 64.6 cm³/mol. The number of benzene rings is 2. The Morgan fingerprint density at radius 2 is 1.44 bits per heavy atom. The van der Waals surface area contributed by atoms with Crippen LogP contribution in [0.3, 0.4) is 0 Å². The van der Waals surface area contributed by atoms with Crippen LogP contribution in [0.2, 0.25) is 0 Å². The number of hydrogen-bond donors (Lipinski definition) is 0. The second-order valence-corrected chi connectivity index (χ2v) is 3.77.